The molecular weight excluding hydrogens is 590 g/mol. The largest absolute Gasteiger partial charge is 0.478 e. The lowest BCUT2D eigenvalue weighted by Crippen LogP contribution is -2.63. The topological polar surface area (TPSA) is 300 Å². The Morgan fingerprint density at radius 3 is 1.61 bits per heavy atom. The van der Waals surface area contributed by atoms with Gasteiger partial charge in [-0.1, -0.05) is 42.5 Å². The van der Waals surface area contributed by atoms with Gasteiger partial charge in [0.25, 0.3) is 5.91 Å². The Morgan fingerprint density at radius 1 is 0.636 bits per heavy atom. The van der Waals surface area contributed by atoms with Crippen LogP contribution < -0.4 is 0 Å². The van der Waals surface area contributed by atoms with Crippen molar-refractivity contribution in [1.29, 1.82) is 0 Å². The minimum absolute atomic E-state index is 0.0183. The number of carboxylic acid groups (broad SMARTS) is 1. The van der Waals surface area contributed by atoms with E-state index in [4.69, 9.17) is 10.2 Å². The number of amides is 1. The number of hydrogen-bond acceptors (Lipinski definition) is 14. The van der Waals surface area contributed by atoms with Gasteiger partial charge in [-0.05, 0) is 29.3 Å². The zero-order valence-corrected chi connectivity index (χ0v) is 23.0. The molecule has 0 aromatic heterocycles. The third kappa shape index (κ3) is 8.85. The van der Waals surface area contributed by atoms with E-state index in [1.165, 1.54) is 54.6 Å². The van der Waals surface area contributed by atoms with Crippen LogP contribution in [-0.4, -0.2) is 158 Å². The molecule has 0 aliphatic carbocycles. The lowest BCUT2D eigenvalue weighted by Gasteiger charge is -2.40. The van der Waals surface area contributed by atoms with Gasteiger partial charge < -0.3 is 66.4 Å². The molecule has 244 valence electrons. The molecule has 13 N–H and O–H groups in total. The van der Waals surface area contributed by atoms with E-state index in [0.29, 0.717) is 5.56 Å². The summed E-state index contributed by atoms with van der Waals surface area (Å²) in [7, 11) is 0. The fraction of sp³-hybridized carbons (Fsp3) is 0.429. The average molecular weight is 628 g/mol. The first-order valence-electron chi connectivity index (χ1n) is 13.1. The summed E-state index contributed by atoms with van der Waals surface area (Å²) in [6.45, 7) is -2.17. The molecule has 16 heteroatoms. The third-order valence-corrected chi connectivity index (χ3v) is 6.76. The van der Waals surface area contributed by atoms with Crippen molar-refractivity contribution in [2.75, 3.05) is 13.2 Å². The highest BCUT2D eigenvalue weighted by Gasteiger charge is 2.45. The number of nitrogens with zero attached hydrogens (tertiary/aromatic N) is 1. The first kappa shape index (κ1) is 36.8. The lowest BCUT2D eigenvalue weighted by atomic mass is 9.97. The number of rotatable bonds is 16. The van der Waals surface area contributed by atoms with Crippen LogP contribution in [0.1, 0.15) is 31.8 Å². The van der Waals surface area contributed by atoms with Crippen LogP contribution in [0.5, 0.6) is 0 Å². The van der Waals surface area contributed by atoms with Crippen molar-refractivity contribution in [2.24, 2.45) is 0 Å². The van der Waals surface area contributed by atoms with Crippen LogP contribution >= 0.6 is 0 Å². The maximum absolute atomic E-state index is 13.8. The quantitative estimate of drug-likeness (QED) is 0.0616. The monoisotopic (exact) mass is 627 g/mol. The molecule has 0 saturated carbocycles. The van der Waals surface area contributed by atoms with Gasteiger partial charge >= 0.3 is 5.97 Å². The van der Waals surface area contributed by atoms with E-state index in [1.54, 1.807) is 6.07 Å². The number of benzene rings is 2. The molecule has 2 aromatic rings. The van der Waals surface area contributed by atoms with Crippen molar-refractivity contribution < 1.29 is 76.0 Å². The molecule has 2 rings (SSSR count). The van der Waals surface area contributed by atoms with Crippen LogP contribution in [0.3, 0.4) is 0 Å². The van der Waals surface area contributed by atoms with E-state index in [0.717, 1.165) is 0 Å². The van der Waals surface area contributed by atoms with Gasteiger partial charge in [-0.2, -0.15) is 0 Å². The molecule has 2 unspecified atom stereocenters. The van der Waals surface area contributed by atoms with E-state index in [1.807, 2.05) is 0 Å². The van der Waals surface area contributed by atoms with Gasteiger partial charge in [-0.3, -0.25) is 9.69 Å². The summed E-state index contributed by atoms with van der Waals surface area (Å²) in [6.07, 6.45) is -21.4. The summed E-state index contributed by atoms with van der Waals surface area (Å²) in [5.41, 5.74) is 0.121. The number of carbonyl (C=O) groups excluding carboxylic acids is 1. The van der Waals surface area contributed by atoms with E-state index in [2.05, 4.69) is 0 Å². The van der Waals surface area contributed by atoms with E-state index >= 15 is 0 Å². The minimum atomic E-state index is -2.71. The van der Waals surface area contributed by atoms with Gasteiger partial charge in [0.1, 0.15) is 48.8 Å². The van der Waals surface area contributed by atoms with Crippen molar-refractivity contribution in [2.45, 2.75) is 61.3 Å². The van der Waals surface area contributed by atoms with Gasteiger partial charge in [-0.15, -0.1) is 0 Å². The molecule has 0 bridgehead atoms. The zero-order valence-electron chi connectivity index (χ0n) is 23.0. The van der Waals surface area contributed by atoms with Gasteiger partial charge in [0.15, 0.2) is 12.5 Å². The predicted octanol–water partition coefficient (Wildman–Crippen LogP) is -4.49. The van der Waals surface area contributed by atoms with Crippen molar-refractivity contribution in [3.8, 4) is 0 Å². The SMILES string of the molecule is O=C(O)c1cccc(/C=C\c2ccccc2C(=O)N(C(O)[C@H](O)[C@@H](O)[C@H](O)[C@H](O)CO)C(O)[C@H](O)[C@@H](O)[C@H](O)[C@H](O)CO)c1. The maximum atomic E-state index is 13.8. The normalized spacial score (nSPS) is 18.8. The smallest absolute Gasteiger partial charge is 0.335 e. The van der Waals surface area contributed by atoms with E-state index in [9.17, 15) is 65.8 Å². The van der Waals surface area contributed by atoms with Gasteiger partial charge in [-0.25, -0.2) is 4.79 Å². The maximum Gasteiger partial charge on any atom is 0.335 e. The van der Waals surface area contributed by atoms with Gasteiger partial charge in [0.2, 0.25) is 0 Å². The lowest BCUT2D eigenvalue weighted by molar-refractivity contribution is -0.213. The van der Waals surface area contributed by atoms with Crippen molar-refractivity contribution in [3.63, 3.8) is 0 Å². The highest BCUT2D eigenvalue weighted by molar-refractivity contribution is 5.99. The first-order valence-corrected chi connectivity index (χ1v) is 13.1. The van der Waals surface area contributed by atoms with Crippen LogP contribution in [0, 0.1) is 0 Å². The van der Waals surface area contributed by atoms with Crippen LogP contribution in [0.15, 0.2) is 48.5 Å². The molecule has 0 heterocycles. The summed E-state index contributed by atoms with van der Waals surface area (Å²) in [5.74, 6) is -2.55. The molecule has 0 radical (unpaired) electrons. The van der Waals surface area contributed by atoms with Crippen molar-refractivity contribution in [3.05, 3.63) is 70.8 Å². The Morgan fingerprint density at radius 2 is 1.14 bits per heavy atom. The highest BCUT2D eigenvalue weighted by atomic mass is 16.4. The molecule has 2 aromatic carbocycles. The van der Waals surface area contributed by atoms with Crippen molar-refractivity contribution >= 4 is 24.0 Å². The molecule has 0 spiro atoms. The summed E-state index contributed by atoms with van der Waals surface area (Å²) in [4.78, 5) is 25.1. The molecule has 1 amide bonds. The fourth-order valence-corrected chi connectivity index (χ4v) is 4.09. The second-order valence-electron chi connectivity index (χ2n) is 9.83. The van der Waals surface area contributed by atoms with Gasteiger partial charge in [0, 0.05) is 5.56 Å². The molecule has 16 nitrogen and oxygen atoms in total. The minimum Gasteiger partial charge on any atom is -0.478 e. The number of aliphatic hydroxyl groups excluding tert-OH is 12. The standard InChI is InChI=1S/C28H37NO15/c30-11-17(32)19(34)21(36)23(38)26(41)29(27(42)24(39)22(37)20(35)18(33)12-31)25(40)16-7-2-1-5-14(16)9-8-13-4-3-6-15(10-13)28(43)44/h1-10,17-24,26-27,30-39,41-42H,11-12H2,(H,43,44)/b9-8-/t17-,18-,19-,20-,21+,22+,23-,24-,26?,27?/m1/s1. The number of carbonyl (C=O) groups is 2. The third-order valence-electron chi connectivity index (χ3n) is 6.76. The highest BCUT2D eigenvalue weighted by Crippen LogP contribution is 2.23. The second kappa shape index (κ2) is 16.6. The Kier molecular flexibility index (Phi) is 13.9. The second-order valence-corrected chi connectivity index (χ2v) is 9.83. The van der Waals surface area contributed by atoms with Crippen LogP contribution in [-0.2, 0) is 0 Å². The first-order chi connectivity index (χ1) is 20.7. The Bertz CT molecular complexity index is 1230. The van der Waals surface area contributed by atoms with Crippen LogP contribution in [0.25, 0.3) is 12.2 Å². The molecular formula is C28H37NO15. The molecule has 0 aliphatic heterocycles. The number of aromatic carboxylic acids is 1. The Labute approximate surface area is 250 Å². The average Bonchev–Trinajstić information content (AvgIpc) is 3.04. The number of aliphatic hydroxyl groups is 12. The molecule has 10 atom stereocenters. The Balaban J connectivity index is 2.56. The molecule has 0 fully saturated rings. The van der Waals surface area contributed by atoms with Gasteiger partial charge in [0.05, 0.1) is 18.8 Å². The van der Waals surface area contributed by atoms with E-state index < -0.39 is 86.4 Å². The number of hydrogen-bond donors (Lipinski definition) is 13. The summed E-state index contributed by atoms with van der Waals surface area (Å²) < 4.78 is 0. The summed E-state index contributed by atoms with van der Waals surface area (Å²) >= 11 is 0. The van der Waals surface area contributed by atoms with Crippen LogP contribution in [0.4, 0.5) is 0 Å². The molecule has 0 aliphatic rings. The Hall–Kier alpha value is -3.36. The fourth-order valence-electron chi connectivity index (χ4n) is 4.09. The summed E-state index contributed by atoms with van der Waals surface area (Å²) in [5, 5.41) is 130. The summed E-state index contributed by atoms with van der Waals surface area (Å²) in [6, 6.07) is 11.1. The zero-order chi connectivity index (χ0) is 33.3. The molecule has 0 saturated heterocycles. The number of carboxylic acids is 1. The molecule has 44 heavy (non-hydrogen) atoms. The van der Waals surface area contributed by atoms with Crippen LogP contribution in [0.2, 0.25) is 0 Å². The van der Waals surface area contributed by atoms with E-state index in [-0.39, 0.29) is 21.6 Å². The predicted molar refractivity (Wildman–Crippen MR) is 149 cm³/mol. The van der Waals surface area contributed by atoms with Crippen molar-refractivity contribution in [1.82, 2.24) is 4.90 Å².